The average Bonchev–Trinajstić information content (AvgIpc) is 2.21. The number of hydrogen-bond acceptors (Lipinski definition) is 6. The first-order valence-corrected chi connectivity index (χ1v) is 6.38. The summed E-state index contributed by atoms with van der Waals surface area (Å²) in [6, 6.07) is 0. The molecule has 0 aromatic carbocycles. The molecule has 0 amide bonds. The summed E-state index contributed by atoms with van der Waals surface area (Å²) in [5.74, 6) is 0. The largest absolute Gasteiger partial charge is 0.387 e. The van der Waals surface area contributed by atoms with Crippen LogP contribution in [0.5, 0.6) is 0 Å². The van der Waals surface area contributed by atoms with E-state index in [2.05, 4.69) is 0 Å². The van der Waals surface area contributed by atoms with E-state index in [1.54, 1.807) is 0 Å². The van der Waals surface area contributed by atoms with E-state index in [0.29, 0.717) is 0 Å². The van der Waals surface area contributed by atoms with E-state index in [1.165, 1.54) is 0 Å². The minimum Gasteiger partial charge on any atom is -0.387 e. The van der Waals surface area contributed by atoms with Gasteiger partial charge in [-0.2, -0.15) is 0 Å². The van der Waals surface area contributed by atoms with Crippen LogP contribution >= 0.6 is 7.60 Å². The highest BCUT2D eigenvalue weighted by Crippen LogP contribution is 2.45. The van der Waals surface area contributed by atoms with E-state index in [4.69, 9.17) is 19.6 Å². The number of hydrogen-bond donors (Lipinski definition) is 6. The second kappa shape index (κ2) is 5.13. The molecular formula is C8H15O8P. The van der Waals surface area contributed by atoms with Gasteiger partial charge in [-0.05, 0) is 13.0 Å². The highest BCUT2D eigenvalue weighted by molar-refractivity contribution is 7.56. The lowest BCUT2D eigenvalue weighted by Crippen LogP contribution is -2.56. The Labute approximate surface area is 96.9 Å². The van der Waals surface area contributed by atoms with Crippen molar-refractivity contribution in [2.24, 2.45) is 0 Å². The third-order valence-electron chi connectivity index (χ3n) is 2.49. The molecule has 9 heteroatoms. The molecule has 17 heavy (non-hydrogen) atoms. The second-order valence-corrected chi connectivity index (χ2v) is 5.61. The Kier molecular flexibility index (Phi) is 4.45. The molecule has 0 aromatic rings. The summed E-state index contributed by atoms with van der Waals surface area (Å²) < 4.78 is 15.6. The van der Waals surface area contributed by atoms with Gasteiger partial charge >= 0.3 is 7.60 Å². The van der Waals surface area contributed by atoms with Gasteiger partial charge < -0.3 is 34.9 Å². The van der Waals surface area contributed by atoms with Gasteiger partial charge in [-0.25, -0.2) is 0 Å². The standard InChI is InChI=1S/C8H15O8P/c1-3(17(13,14)15)2-4-5(9)6(10)7(11)8(12)16-4/h2,4-12H,1H3,(H2,13,14,15)/b3-2-/t4?,5-,6-,7?,8?/m1/s1. The molecule has 0 spiro atoms. The topological polar surface area (TPSA) is 148 Å². The predicted molar refractivity (Wildman–Crippen MR) is 54.7 cm³/mol. The Balaban J connectivity index is 2.89. The fourth-order valence-electron chi connectivity index (χ4n) is 1.36. The van der Waals surface area contributed by atoms with Crippen LogP contribution < -0.4 is 0 Å². The summed E-state index contributed by atoms with van der Waals surface area (Å²) in [7, 11) is -4.46. The van der Waals surface area contributed by atoms with Crippen LogP contribution in [-0.4, -0.2) is 60.9 Å². The fourth-order valence-corrected chi connectivity index (χ4v) is 1.70. The van der Waals surface area contributed by atoms with Crippen molar-refractivity contribution in [3.05, 3.63) is 11.4 Å². The van der Waals surface area contributed by atoms with E-state index < -0.39 is 38.3 Å². The molecule has 3 unspecified atom stereocenters. The van der Waals surface area contributed by atoms with Crippen molar-refractivity contribution in [2.45, 2.75) is 37.6 Å². The van der Waals surface area contributed by atoms with Gasteiger partial charge in [-0.1, -0.05) is 0 Å². The number of aliphatic hydroxyl groups excluding tert-OH is 4. The molecule has 0 saturated carbocycles. The molecule has 1 saturated heterocycles. The molecule has 0 aromatic heterocycles. The molecule has 8 nitrogen and oxygen atoms in total. The third kappa shape index (κ3) is 3.34. The molecule has 0 radical (unpaired) electrons. The van der Waals surface area contributed by atoms with Crippen molar-refractivity contribution < 1.29 is 39.5 Å². The number of aliphatic hydroxyl groups is 4. The van der Waals surface area contributed by atoms with Crippen molar-refractivity contribution in [3.8, 4) is 0 Å². The smallest absolute Gasteiger partial charge is 0.351 e. The normalized spacial score (nSPS) is 40.4. The highest BCUT2D eigenvalue weighted by Gasteiger charge is 2.42. The van der Waals surface area contributed by atoms with Crippen LogP contribution in [0.15, 0.2) is 11.4 Å². The molecule has 5 atom stereocenters. The SMILES string of the molecule is C/C(=C/C1OC(O)C(O)[C@H](O)[C@@H]1O)P(=O)(O)O. The van der Waals surface area contributed by atoms with Gasteiger partial charge in [0.15, 0.2) is 6.29 Å². The Hall–Kier alpha value is -0.310. The monoisotopic (exact) mass is 270 g/mol. The van der Waals surface area contributed by atoms with Crippen LogP contribution in [0.4, 0.5) is 0 Å². The predicted octanol–water partition coefficient (Wildman–Crippen LogP) is -2.13. The molecule has 1 fully saturated rings. The summed E-state index contributed by atoms with van der Waals surface area (Å²) in [5, 5.41) is 36.8. The van der Waals surface area contributed by atoms with Crippen molar-refractivity contribution in [1.29, 1.82) is 0 Å². The zero-order valence-corrected chi connectivity index (χ0v) is 9.81. The van der Waals surface area contributed by atoms with E-state index in [9.17, 15) is 19.9 Å². The van der Waals surface area contributed by atoms with Crippen LogP contribution in [-0.2, 0) is 9.30 Å². The van der Waals surface area contributed by atoms with E-state index >= 15 is 0 Å². The average molecular weight is 270 g/mol. The summed E-state index contributed by atoms with van der Waals surface area (Å²) in [5.41, 5.74) is 0. The Morgan fingerprint density at radius 3 is 2.12 bits per heavy atom. The quantitative estimate of drug-likeness (QED) is 0.312. The van der Waals surface area contributed by atoms with Crippen LogP contribution in [0, 0.1) is 0 Å². The summed E-state index contributed by atoms with van der Waals surface area (Å²) in [4.78, 5) is 17.6. The third-order valence-corrected chi connectivity index (χ3v) is 3.56. The Morgan fingerprint density at radius 2 is 1.65 bits per heavy atom. The Morgan fingerprint density at radius 1 is 1.12 bits per heavy atom. The number of allylic oxidation sites excluding steroid dienone is 1. The van der Waals surface area contributed by atoms with Crippen molar-refractivity contribution in [3.63, 3.8) is 0 Å². The molecule has 1 aliphatic heterocycles. The Bertz CT molecular complexity index is 349. The zero-order valence-electron chi connectivity index (χ0n) is 8.91. The maximum Gasteiger partial charge on any atom is 0.351 e. The molecule has 100 valence electrons. The first kappa shape index (κ1) is 14.7. The lowest BCUT2D eigenvalue weighted by atomic mass is 9.99. The van der Waals surface area contributed by atoms with Gasteiger partial charge in [0.1, 0.15) is 24.4 Å². The molecule has 1 heterocycles. The van der Waals surface area contributed by atoms with Gasteiger partial charge in [0, 0.05) is 5.31 Å². The van der Waals surface area contributed by atoms with Crippen LogP contribution in [0.2, 0.25) is 0 Å². The minimum absolute atomic E-state index is 0.364. The molecule has 0 bridgehead atoms. The molecule has 1 rings (SSSR count). The van der Waals surface area contributed by atoms with Crippen molar-refractivity contribution >= 4 is 7.60 Å². The first-order valence-electron chi connectivity index (χ1n) is 4.77. The first-order chi connectivity index (χ1) is 7.64. The van der Waals surface area contributed by atoms with Crippen LogP contribution in [0.1, 0.15) is 6.92 Å². The maximum absolute atomic E-state index is 10.9. The van der Waals surface area contributed by atoms with Gasteiger partial charge in [0.25, 0.3) is 0 Å². The van der Waals surface area contributed by atoms with Crippen LogP contribution in [0.25, 0.3) is 0 Å². The zero-order chi connectivity index (χ0) is 13.4. The lowest BCUT2D eigenvalue weighted by Gasteiger charge is -2.37. The molecule has 6 N–H and O–H groups in total. The van der Waals surface area contributed by atoms with Gasteiger partial charge in [-0.3, -0.25) is 4.57 Å². The van der Waals surface area contributed by atoms with Gasteiger partial charge in [0.05, 0.1) is 0 Å². The summed E-state index contributed by atoms with van der Waals surface area (Å²) in [6.07, 6.45) is -7.07. The highest BCUT2D eigenvalue weighted by atomic mass is 31.2. The van der Waals surface area contributed by atoms with Gasteiger partial charge in [0.2, 0.25) is 0 Å². The minimum atomic E-state index is -4.46. The summed E-state index contributed by atoms with van der Waals surface area (Å²) >= 11 is 0. The van der Waals surface area contributed by atoms with Crippen molar-refractivity contribution in [2.75, 3.05) is 0 Å². The molecular weight excluding hydrogens is 255 g/mol. The molecule has 1 aliphatic rings. The second-order valence-electron chi connectivity index (χ2n) is 3.82. The lowest BCUT2D eigenvalue weighted by molar-refractivity contribution is -0.271. The fraction of sp³-hybridized carbons (Fsp3) is 0.750. The van der Waals surface area contributed by atoms with Crippen molar-refractivity contribution in [1.82, 2.24) is 0 Å². The maximum atomic E-state index is 10.9. The molecule has 0 aliphatic carbocycles. The number of ether oxygens (including phenoxy) is 1. The van der Waals surface area contributed by atoms with E-state index in [1.807, 2.05) is 0 Å². The van der Waals surface area contributed by atoms with Gasteiger partial charge in [-0.15, -0.1) is 0 Å². The van der Waals surface area contributed by atoms with E-state index in [-0.39, 0.29) is 5.31 Å². The van der Waals surface area contributed by atoms with E-state index in [0.717, 1.165) is 13.0 Å². The van der Waals surface area contributed by atoms with Crippen LogP contribution in [0.3, 0.4) is 0 Å². The number of rotatable bonds is 2. The summed E-state index contributed by atoms with van der Waals surface area (Å²) in [6.45, 7) is 1.13.